The van der Waals surface area contributed by atoms with Gasteiger partial charge in [0.15, 0.2) is 11.5 Å². The van der Waals surface area contributed by atoms with E-state index in [0.29, 0.717) is 35.0 Å². The average Bonchev–Trinajstić information content (AvgIpc) is 2.78. The number of amides is 2. The molecule has 3 rings (SSSR count). The van der Waals surface area contributed by atoms with Crippen LogP contribution in [0.3, 0.4) is 0 Å². The van der Waals surface area contributed by atoms with Gasteiger partial charge >= 0.3 is 0 Å². The summed E-state index contributed by atoms with van der Waals surface area (Å²) in [4.78, 5) is 26.4. The molecule has 0 aliphatic carbocycles. The minimum Gasteiger partial charge on any atom is -0.493 e. The van der Waals surface area contributed by atoms with Crippen molar-refractivity contribution in [3.05, 3.63) is 48.0 Å². The molecule has 124 valence electrons. The van der Waals surface area contributed by atoms with Gasteiger partial charge in [0.25, 0.3) is 5.91 Å². The third kappa shape index (κ3) is 2.90. The Morgan fingerprint density at radius 1 is 1.08 bits per heavy atom. The van der Waals surface area contributed by atoms with Crippen LogP contribution in [0.5, 0.6) is 11.5 Å². The summed E-state index contributed by atoms with van der Waals surface area (Å²) in [6.45, 7) is 0.316. The summed E-state index contributed by atoms with van der Waals surface area (Å²) in [5.41, 5.74) is 1.79. The number of rotatable bonds is 3. The normalized spacial score (nSPS) is 13.6. The van der Waals surface area contributed by atoms with Crippen LogP contribution in [0.4, 0.5) is 11.4 Å². The molecule has 0 aromatic heterocycles. The predicted octanol–water partition coefficient (Wildman–Crippen LogP) is 2.69. The molecular weight excluding hydrogens is 308 g/mol. The molecule has 0 atom stereocenters. The van der Waals surface area contributed by atoms with Crippen molar-refractivity contribution >= 4 is 23.2 Å². The van der Waals surface area contributed by atoms with Crippen molar-refractivity contribution in [3.63, 3.8) is 0 Å². The molecule has 1 aliphatic rings. The van der Waals surface area contributed by atoms with Gasteiger partial charge in [0.05, 0.1) is 25.6 Å². The second kappa shape index (κ2) is 6.62. The maximum absolute atomic E-state index is 13.0. The third-order valence-electron chi connectivity index (χ3n) is 3.91. The van der Waals surface area contributed by atoms with Crippen LogP contribution >= 0.6 is 0 Å². The molecule has 6 nitrogen and oxygen atoms in total. The number of anilines is 2. The van der Waals surface area contributed by atoms with Crippen LogP contribution in [0.2, 0.25) is 0 Å². The Morgan fingerprint density at radius 3 is 2.58 bits per heavy atom. The highest BCUT2D eigenvalue weighted by Gasteiger charge is 2.25. The van der Waals surface area contributed by atoms with Crippen molar-refractivity contribution in [1.82, 2.24) is 0 Å². The molecule has 2 amide bonds. The fourth-order valence-electron chi connectivity index (χ4n) is 2.70. The SMILES string of the molecule is COc1ccc(C(=O)N2CCC(=O)Nc3ccccc32)cc1OC. The molecule has 1 N–H and O–H groups in total. The van der Waals surface area contributed by atoms with Gasteiger partial charge < -0.3 is 19.7 Å². The second-order valence-corrected chi connectivity index (χ2v) is 5.34. The molecule has 6 heteroatoms. The van der Waals surface area contributed by atoms with Gasteiger partial charge in [-0.2, -0.15) is 0 Å². The third-order valence-corrected chi connectivity index (χ3v) is 3.91. The number of hydrogen-bond donors (Lipinski definition) is 1. The maximum atomic E-state index is 13.0. The van der Waals surface area contributed by atoms with E-state index in [1.54, 1.807) is 36.3 Å². The highest BCUT2D eigenvalue weighted by molar-refractivity contribution is 6.10. The average molecular weight is 326 g/mol. The number of hydrogen-bond acceptors (Lipinski definition) is 4. The minimum atomic E-state index is -0.195. The summed E-state index contributed by atoms with van der Waals surface area (Å²) in [5.74, 6) is 0.743. The number of nitrogens with one attached hydrogen (secondary N) is 1. The van der Waals surface area contributed by atoms with Crippen LogP contribution < -0.4 is 19.7 Å². The molecule has 0 saturated heterocycles. The smallest absolute Gasteiger partial charge is 0.258 e. The van der Waals surface area contributed by atoms with E-state index in [1.165, 1.54) is 7.11 Å². The lowest BCUT2D eigenvalue weighted by molar-refractivity contribution is -0.115. The van der Waals surface area contributed by atoms with Crippen LogP contribution in [-0.2, 0) is 4.79 Å². The van der Waals surface area contributed by atoms with Crippen LogP contribution in [0.1, 0.15) is 16.8 Å². The van der Waals surface area contributed by atoms with Gasteiger partial charge in [0.2, 0.25) is 5.91 Å². The van der Waals surface area contributed by atoms with Crippen molar-refractivity contribution in [2.45, 2.75) is 6.42 Å². The van der Waals surface area contributed by atoms with E-state index in [-0.39, 0.29) is 18.2 Å². The molecule has 1 aliphatic heterocycles. The summed E-state index contributed by atoms with van der Waals surface area (Å²) in [6, 6.07) is 12.3. The fourth-order valence-corrected chi connectivity index (χ4v) is 2.70. The predicted molar refractivity (Wildman–Crippen MR) is 90.9 cm³/mol. The highest BCUT2D eigenvalue weighted by atomic mass is 16.5. The van der Waals surface area contributed by atoms with E-state index in [0.717, 1.165) is 0 Å². The molecule has 0 radical (unpaired) electrons. The zero-order valence-electron chi connectivity index (χ0n) is 13.5. The molecule has 2 aromatic carbocycles. The zero-order valence-corrected chi connectivity index (χ0v) is 13.5. The van der Waals surface area contributed by atoms with E-state index < -0.39 is 0 Å². The maximum Gasteiger partial charge on any atom is 0.258 e. The quantitative estimate of drug-likeness (QED) is 0.941. The number of benzene rings is 2. The number of carbonyl (C=O) groups excluding carboxylic acids is 2. The Balaban J connectivity index is 1.99. The second-order valence-electron chi connectivity index (χ2n) is 5.34. The van der Waals surface area contributed by atoms with Crippen LogP contribution in [0.25, 0.3) is 0 Å². The molecule has 0 spiro atoms. The van der Waals surface area contributed by atoms with Crippen LogP contribution in [-0.4, -0.2) is 32.6 Å². The van der Waals surface area contributed by atoms with Gasteiger partial charge in [-0.25, -0.2) is 0 Å². The molecular formula is C18H18N2O4. The van der Waals surface area contributed by atoms with E-state index in [2.05, 4.69) is 5.32 Å². The lowest BCUT2D eigenvalue weighted by Crippen LogP contribution is -2.31. The first-order valence-electron chi connectivity index (χ1n) is 7.57. The number of fused-ring (bicyclic) bond motifs is 1. The van der Waals surface area contributed by atoms with E-state index in [1.807, 2.05) is 18.2 Å². The van der Waals surface area contributed by atoms with Gasteiger partial charge in [-0.05, 0) is 30.3 Å². The molecule has 0 bridgehead atoms. The lowest BCUT2D eigenvalue weighted by Gasteiger charge is -2.22. The summed E-state index contributed by atoms with van der Waals surface area (Å²) >= 11 is 0. The summed E-state index contributed by atoms with van der Waals surface area (Å²) in [6.07, 6.45) is 0.244. The van der Waals surface area contributed by atoms with Crippen LogP contribution in [0.15, 0.2) is 42.5 Å². The Morgan fingerprint density at radius 2 is 1.83 bits per heavy atom. The molecule has 0 unspecified atom stereocenters. The van der Waals surface area contributed by atoms with Crippen molar-refractivity contribution in [2.24, 2.45) is 0 Å². The lowest BCUT2D eigenvalue weighted by atomic mass is 10.1. The van der Waals surface area contributed by atoms with Gasteiger partial charge in [-0.1, -0.05) is 12.1 Å². The molecule has 24 heavy (non-hydrogen) atoms. The van der Waals surface area contributed by atoms with Gasteiger partial charge in [0.1, 0.15) is 0 Å². The van der Waals surface area contributed by atoms with Gasteiger partial charge in [-0.15, -0.1) is 0 Å². The zero-order chi connectivity index (χ0) is 17.1. The number of carbonyl (C=O) groups is 2. The summed E-state index contributed by atoms with van der Waals surface area (Å²) in [7, 11) is 3.07. The first kappa shape index (κ1) is 15.9. The Hall–Kier alpha value is -3.02. The van der Waals surface area contributed by atoms with E-state index in [4.69, 9.17) is 9.47 Å². The van der Waals surface area contributed by atoms with Crippen molar-refractivity contribution in [3.8, 4) is 11.5 Å². The first-order chi connectivity index (χ1) is 11.6. The number of nitrogens with zero attached hydrogens (tertiary/aromatic N) is 1. The largest absolute Gasteiger partial charge is 0.493 e. The van der Waals surface area contributed by atoms with Crippen molar-refractivity contribution < 1.29 is 19.1 Å². The van der Waals surface area contributed by atoms with Gasteiger partial charge in [0, 0.05) is 18.5 Å². The Bertz CT molecular complexity index is 788. The summed E-state index contributed by atoms with van der Waals surface area (Å²) < 4.78 is 10.5. The number of methoxy groups -OCH3 is 2. The number of ether oxygens (including phenoxy) is 2. The Labute approximate surface area is 140 Å². The molecule has 1 heterocycles. The molecule has 2 aromatic rings. The topological polar surface area (TPSA) is 67.9 Å². The first-order valence-corrected chi connectivity index (χ1v) is 7.57. The highest BCUT2D eigenvalue weighted by Crippen LogP contribution is 2.32. The van der Waals surface area contributed by atoms with Gasteiger partial charge in [-0.3, -0.25) is 9.59 Å². The van der Waals surface area contributed by atoms with E-state index >= 15 is 0 Å². The summed E-state index contributed by atoms with van der Waals surface area (Å²) in [5, 5.41) is 2.82. The standard InChI is InChI=1S/C18H18N2O4/c1-23-15-8-7-12(11-16(15)24-2)18(22)20-10-9-17(21)19-13-5-3-4-6-14(13)20/h3-8,11H,9-10H2,1-2H3,(H,19,21). The van der Waals surface area contributed by atoms with Crippen molar-refractivity contribution in [2.75, 3.05) is 31.0 Å². The van der Waals surface area contributed by atoms with Crippen LogP contribution in [0, 0.1) is 0 Å². The minimum absolute atomic E-state index is 0.106. The monoisotopic (exact) mass is 326 g/mol. The van der Waals surface area contributed by atoms with E-state index in [9.17, 15) is 9.59 Å². The van der Waals surface area contributed by atoms with Crippen molar-refractivity contribution in [1.29, 1.82) is 0 Å². The Kier molecular flexibility index (Phi) is 4.37. The fraction of sp³-hybridized carbons (Fsp3) is 0.222. The number of para-hydroxylation sites is 2. The molecule has 0 fully saturated rings. The molecule has 0 saturated carbocycles.